The first kappa shape index (κ1) is 19.9. The second-order valence-corrected chi connectivity index (χ2v) is 5.91. The molecular formula is C17H20FN5O4. The monoisotopic (exact) mass is 377 g/mol. The van der Waals surface area contributed by atoms with Gasteiger partial charge < -0.3 is 21.4 Å². The number of urea groups is 1. The summed E-state index contributed by atoms with van der Waals surface area (Å²) in [5.74, 6) is -1.90. The molecule has 6 N–H and O–H groups in total. The van der Waals surface area contributed by atoms with Crippen molar-refractivity contribution in [1.29, 1.82) is 0 Å². The van der Waals surface area contributed by atoms with Gasteiger partial charge in [-0.3, -0.25) is 19.7 Å². The lowest BCUT2D eigenvalue weighted by Gasteiger charge is -2.17. The molecule has 2 aromatic rings. The predicted octanol–water partition coefficient (Wildman–Crippen LogP) is 0.0554. The van der Waals surface area contributed by atoms with E-state index in [1.807, 2.05) is 5.32 Å². The lowest BCUT2D eigenvalue weighted by molar-refractivity contribution is -0.128. The van der Waals surface area contributed by atoms with E-state index in [0.717, 1.165) is 10.9 Å². The number of fused-ring (bicyclic) bond motifs is 1. The molecule has 0 fully saturated rings. The first-order chi connectivity index (χ1) is 12.8. The highest BCUT2D eigenvalue weighted by molar-refractivity contribution is 5.94. The molecule has 2 rings (SSSR count). The van der Waals surface area contributed by atoms with E-state index in [0.29, 0.717) is 5.52 Å². The van der Waals surface area contributed by atoms with Crippen molar-refractivity contribution in [2.75, 3.05) is 6.54 Å². The summed E-state index contributed by atoms with van der Waals surface area (Å²) in [6, 6.07) is 2.38. The standard InChI is InChI=1S/C17H20FN5O4/c1-9(24)22-14(16(26)20-5-4-15(25)23-17(19)27)6-10-8-21-13-7-11(18)2-3-12(10)13/h2-3,7-8,14,21H,4-6H2,1H3,(H,20,26)(H,22,24)(H3,19,23,25,27). The van der Waals surface area contributed by atoms with Crippen molar-refractivity contribution in [2.24, 2.45) is 5.73 Å². The summed E-state index contributed by atoms with van der Waals surface area (Å²) in [6.45, 7) is 1.25. The Labute approximate surface area is 153 Å². The summed E-state index contributed by atoms with van der Waals surface area (Å²) in [6.07, 6.45) is 1.67. The molecule has 1 unspecified atom stereocenters. The molecule has 5 amide bonds. The lowest BCUT2D eigenvalue weighted by Crippen LogP contribution is -2.48. The molecular weight excluding hydrogens is 357 g/mol. The number of carbonyl (C=O) groups is 4. The molecule has 1 aromatic heterocycles. The molecule has 9 nitrogen and oxygen atoms in total. The van der Waals surface area contributed by atoms with Crippen molar-refractivity contribution in [2.45, 2.75) is 25.8 Å². The van der Waals surface area contributed by atoms with E-state index in [1.165, 1.54) is 19.1 Å². The van der Waals surface area contributed by atoms with Crippen molar-refractivity contribution in [3.63, 3.8) is 0 Å². The molecule has 0 aliphatic heterocycles. The van der Waals surface area contributed by atoms with Gasteiger partial charge in [-0.05, 0) is 23.8 Å². The Hall–Kier alpha value is -3.43. The molecule has 27 heavy (non-hydrogen) atoms. The topological polar surface area (TPSA) is 146 Å². The fraction of sp³-hybridized carbons (Fsp3) is 0.294. The van der Waals surface area contributed by atoms with Crippen molar-refractivity contribution in [3.8, 4) is 0 Å². The highest BCUT2D eigenvalue weighted by Crippen LogP contribution is 2.20. The maximum absolute atomic E-state index is 13.3. The van der Waals surface area contributed by atoms with Crippen LogP contribution in [-0.2, 0) is 20.8 Å². The molecule has 0 radical (unpaired) electrons. The number of aromatic nitrogens is 1. The van der Waals surface area contributed by atoms with Crippen molar-refractivity contribution in [1.82, 2.24) is 20.9 Å². The van der Waals surface area contributed by atoms with Crippen molar-refractivity contribution < 1.29 is 23.6 Å². The smallest absolute Gasteiger partial charge is 0.318 e. The number of rotatable bonds is 7. The average molecular weight is 377 g/mol. The maximum Gasteiger partial charge on any atom is 0.318 e. The molecule has 0 saturated carbocycles. The van der Waals surface area contributed by atoms with Gasteiger partial charge in [0.2, 0.25) is 17.7 Å². The van der Waals surface area contributed by atoms with E-state index < -0.39 is 29.8 Å². The number of primary amides is 1. The minimum absolute atomic E-state index is 0.0346. The number of halogens is 1. The Morgan fingerprint density at radius 2 is 2.00 bits per heavy atom. The van der Waals surface area contributed by atoms with Gasteiger partial charge in [-0.15, -0.1) is 0 Å². The Balaban J connectivity index is 2.03. The zero-order valence-electron chi connectivity index (χ0n) is 14.6. The molecule has 0 aliphatic rings. The van der Waals surface area contributed by atoms with E-state index in [-0.39, 0.29) is 25.2 Å². The van der Waals surface area contributed by atoms with Gasteiger partial charge in [-0.25, -0.2) is 9.18 Å². The highest BCUT2D eigenvalue weighted by atomic mass is 19.1. The Morgan fingerprint density at radius 1 is 1.26 bits per heavy atom. The molecule has 1 atom stereocenters. The van der Waals surface area contributed by atoms with Crippen LogP contribution in [0.1, 0.15) is 18.9 Å². The number of aromatic amines is 1. The molecule has 0 aliphatic carbocycles. The van der Waals surface area contributed by atoms with Crippen molar-refractivity contribution >= 4 is 34.7 Å². The quantitative estimate of drug-likeness (QED) is 0.464. The van der Waals surface area contributed by atoms with Crippen LogP contribution in [0.4, 0.5) is 9.18 Å². The first-order valence-electron chi connectivity index (χ1n) is 8.16. The zero-order valence-corrected chi connectivity index (χ0v) is 14.6. The molecule has 0 saturated heterocycles. The fourth-order valence-corrected chi connectivity index (χ4v) is 2.62. The number of hydrogen-bond acceptors (Lipinski definition) is 4. The SMILES string of the molecule is CC(=O)NC(Cc1c[nH]c2cc(F)ccc12)C(=O)NCCC(=O)NC(N)=O. The largest absolute Gasteiger partial charge is 0.361 e. The minimum Gasteiger partial charge on any atom is -0.361 e. The molecule has 10 heteroatoms. The highest BCUT2D eigenvalue weighted by Gasteiger charge is 2.21. The van der Waals surface area contributed by atoms with E-state index in [9.17, 15) is 23.6 Å². The molecule has 144 valence electrons. The summed E-state index contributed by atoms with van der Waals surface area (Å²) in [5, 5.41) is 7.70. The minimum atomic E-state index is -0.974. The number of hydrogen-bond donors (Lipinski definition) is 5. The maximum atomic E-state index is 13.3. The van der Waals surface area contributed by atoms with Gasteiger partial charge in [0.25, 0.3) is 0 Å². The Kier molecular flexibility index (Phi) is 6.47. The van der Waals surface area contributed by atoms with Crippen LogP contribution in [-0.4, -0.2) is 41.3 Å². The summed E-state index contributed by atoms with van der Waals surface area (Å²) < 4.78 is 13.3. The summed E-state index contributed by atoms with van der Waals surface area (Å²) >= 11 is 0. The zero-order chi connectivity index (χ0) is 20.0. The number of nitrogens with one attached hydrogen (secondary N) is 4. The molecule has 0 spiro atoms. The molecule has 1 heterocycles. The third-order valence-corrected chi connectivity index (χ3v) is 3.76. The van der Waals surface area contributed by atoms with Gasteiger partial charge in [0.05, 0.1) is 0 Å². The number of imide groups is 1. The normalized spacial score (nSPS) is 11.6. The van der Waals surface area contributed by atoms with Gasteiger partial charge >= 0.3 is 6.03 Å². The van der Waals surface area contributed by atoms with Gasteiger partial charge in [-0.1, -0.05) is 0 Å². The van der Waals surface area contributed by atoms with Gasteiger partial charge in [0.15, 0.2) is 0 Å². The third kappa shape index (κ3) is 5.80. The Morgan fingerprint density at radius 3 is 2.67 bits per heavy atom. The Bertz CT molecular complexity index is 879. The van der Waals surface area contributed by atoms with E-state index >= 15 is 0 Å². The summed E-state index contributed by atoms with van der Waals surface area (Å²) in [4.78, 5) is 48.7. The van der Waals surface area contributed by atoms with Gasteiger partial charge in [-0.2, -0.15) is 0 Å². The van der Waals surface area contributed by atoms with E-state index in [4.69, 9.17) is 5.73 Å². The average Bonchev–Trinajstić information content (AvgIpc) is 2.95. The van der Waals surface area contributed by atoms with Crippen LogP contribution in [0.3, 0.4) is 0 Å². The van der Waals surface area contributed by atoms with Crippen LogP contribution in [0.5, 0.6) is 0 Å². The number of benzene rings is 1. The lowest BCUT2D eigenvalue weighted by atomic mass is 10.0. The third-order valence-electron chi connectivity index (χ3n) is 3.76. The van der Waals surface area contributed by atoms with E-state index in [1.54, 1.807) is 12.3 Å². The number of carbonyl (C=O) groups excluding carboxylic acids is 4. The van der Waals surface area contributed by atoms with Crippen LogP contribution in [0.2, 0.25) is 0 Å². The van der Waals surface area contributed by atoms with Crippen LogP contribution < -0.4 is 21.7 Å². The first-order valence-corrected chi connectivity index (χ1v) is 8.16. The second kappa shape index (κ2) is 8.79. The van der Waals surface area contributed by atoms with Gasteiger partial charge in [0, 0.05) is 43.4 Å². The van der Waals surface area contributed by atoms with Crippen LogP contribution in [0.25, 0.3) is 10.9 Å². The summed E-state index contributed by atoms with van der Waals surface area (Å²) in [5.41, 5.74) is 6.13. The van der Waals surface area contributed by atoms with Gasteiger partial charge in [0.1, 0.15) is 11.9 Å². The van der Waals surface area contributed by atoms with E-state index in [2.05, 4.69) is 15.6 Å². The van der Waals surface area contributed by atoms with Crippen LogP contribution in [0, 0.1) is 5.82 Å². The fourth-order valence-electron chi connectivity index (χ4n) is 2.62. The number of H-pyrrole nitrogens is 1. The second-order valence-electron chi connectivity index (χ2n) is 5.91. The molecule has 1 aromatic carbocycles. The van der Waals surface area contributed by atoms with Crippen LogP contribution in [0.15, 0.2) is 24.4 Å². The summed E-state index contributed by atoms with van der Waals surface area (Å²) in [7, 11) is 0. The number of amides is 5. The molecule has 0 bridgehead atoms. The van der Waals surface area contributed by atoms with Crippen LogP contribution >= 0.6 is 0 Å². The van der Waals surface area contributed by atoms with Crippen molar-refractivity contribution in [3.05, 3.63) is 35.8 Å². The number of nitrogens with two attached hydrogens (primary N) is 1. The predicted molar refractivity (Wildman–Crippen MR) is 94.9 cm³/mol.